The zero-order chi connectivity index (χ0) is 23.4. The lowest BCUT2D eigenvalue weighted by Crippen LogP contribution is -2.27. The molecule has 0 radical (unpaired) electrons. The molecule has 33 heavy (non-hydrogen) atoms. The highest BCUT2D eigenvalue weighted by Gasteiger charge is 2.35. The van der Waals surface area contributed by atoms with E-state index < -0.39 is 0 Å². The molecule has 0 saturated carbocycles. The van der Waals surface area contributed by atoms with Crippen molar-refractivity contribution in [3.63, 3.8) is 0 Å². The third kappa shape index (κ3) is 5.43. The van der Waals surface area contributed by atoms with E-state index in [1.807, 2.05) is 31.2 Å². The van der Waals surface area contributed by atoms with Crippen LogP contribution >= 0.6 is 11.8 Å². The zero-order valence-electron chi connectivity index (χ0n) is 18.2. The molecule has 3 aromatic rings. The minimum atomic E-state index is -0.381. The summed E-state index contributed by atoms with van der Waals surface area (Å²) in [7, 11) is 1.55. The van der Waals surface area contributed by atoms with E-state index in [1.54, 1.807) is 43.5 Å². The van der Waals surface area contributed by atoms with Gasteiger partial charge in [-0.15, -0.1) is 0 Å². The maximum absolute atomic E-state index is 13.1. The van der Waals surface area contributed by atoms with Gasteiger partial charge in [0.1, 0.15) is 12.4 Å². The van der Waals surface area contributed by atoms with Gasteiger partial charge in [0, 0.05) is 0 Å². The van der Waals surface area contributed by atoms with E-state index in [9.17, 15) is 14.0 Å². The second kappa shape index (κ2) is 9.92. The summed E-state index contributed by atoms with van der Waals surface area (Å²) in [5, 5.41) is -0.361. The summed E-state index contributed by atoms with van der Waals surface area (Å²) in [6.07, 6.45) is 1.65. The number of rotatable bonds is 7. The number of methoxy groups -OCH3 is 1. The zero-order valence-corrected chi connectivity index (χ0v) is 19.0. The predicted octanol–water partition coefficient (Wildman–Crippen LogP) is 5.96. The van der Waals surface area contributed by atoms with Crippen molar-refractivity contribution in [1.29, 1.82) is 0 Å². The molecule has 3 aromatic carbocycles. The molecule has 0 atom stereocenters. The Labute approximate surface area is 195 Å². The number of carbonyl (C=O) groups excluding carboxylic acids is 2. The number of halogens is 1. The molecule has 1 aliphatic heterocycles. The van der Waals surface area contributed by atoms with Gasteiger partial charge in [0.15, 0.2) is 11.5 Å². The van der Waals surface area contributed by atoms with Crippen molar-refractivity contribution in [2.24, 2.45) is 0 Å². The first-order valence-corrected chi connectivity index (χ1v) is 11.1. The van der Waals surface area contributed by atoms with Crippen molar-refractivity contribution in [2.45, 2.75) is 20.1 Å². The first kappa shape index (κ1) is 22.6. The van der Waals surface area contributed by atoms with Crippen molar-refractivity contribution in [3.8, 4) is 11.5 Å². The molecule has 0 aromatic heterocycles. The molecule has 1 heterocycles. The summed E-state index contributed by atoms with van der Waals surface area (Å²) >= 11 is 0.878. The number of aryl methyl sites for hydroxylation is 1. The van der Waals surface area contributed by atoms with Gasteiger partial charge in [0.25, 0.3) is 11.1 Å². The van der Waals surface area contributed by atoms with Crippen LogP contribution in [0.5, 0.6) is 11.5 Å². The number of amides is 2. The number of ether oxygens (including phenoxy) is 2. The van der Waals surface area contributed by atoms with E-state index in [4.69, 9.17) is 9.47 Å². The van der Waals surface area contributed by atoms with Crippen LogP contribution in [0.4, 0.5) is 9.18 Å². The molecular weight excluding hydrogens is 441 g/mol. The quantitative estimate of drug-likeness (QED) is 0.405. The van der Waals surface area contributed by atoms with E-state index in [1.165, 1.54) is 17.7 Å². The molecule has 2 amide bonds. The van der Waals surface area contributed by atoms with E-state index in [0.29, 0.717) is 34.1 Å². The Bertz CT molecular complexity index is 1210. The lowest BCUT2D eigenvalue weighted by atomic mass is 10.1. The van der Waals surface area contributed by atoms with E-state index in [0.717, 1.165) is 22.2 Å². The Balaban J connectivity index is 1.47. The van der Waals surface area contributed by atoms with Crippen LogP contribution in [0.25, 0.3) is 6.08 Å². The fourth-order valence-corrected chi connectivity index (χ4v) is 4.14. The fourth-order valence-electron chi connectivity index (χ4n) is 3.30. The van der Waals surface area contributed by atoms with Gasteiger partial charge in [0.2, 0.25) is 0 Å². The Morgan fingerprint density at radius 2 is 1.64 bits per heavy atom. The van der Waals surface area contributed by atoms with Crippen molar-refractivity contribution >= 4 is 29.0 Å². The molecule has 0 bridgehead atoms. The summed E-state index contributed by atoms with van der Waals surface area (Å²) in [6, 6.07) is 19.2. The standard InChI is InChI=1S/C26H22FNO4S/c1-17-3-5-19(6-4-17)16-32-22-12-9-20(13-23(22)31-2)14-24-25(29)28(26(30)33-24)15-18-7-10-21(27)11-8-18/h3-14H,15-16H2,1-2H3/b24-14-. The molecule has 1 fully saturated rings. The van der Waals surface area contributed by atoms with E-state index in [-0.39, 0.29) is 23.5 Å². The second-order valence-corrected chi connectivity index (χ2v) is 8.57. The molecule has 168 valence electrons. The first-order chi connectivity index (χ1) is 15.9. The summed E-state index contributed by atoms with van der Waals surface area (Å²) in [5.41, 5.74) is 3.61. The van der Waals surface area contributed by atoms with Crippen LogP contribution in [0.1, 0.15) is 22.3 Å². The van der Waals surface area contributed by atoms with E-state index in [2.05, 4.69) is 0 Å². The van der Waals surface area contributed by atoms with Gasteiger partial charge in [-0.3, -0.25) is 14.5 Å². The van der Waals surface area contributed by atoms with Crippen molar-refractivity contribution in [2.75, 3.05) is 7.11 Å². The third-order valence-corrected chi connectivity index (χ3v) is 6.04. The highest BCUT2D eigenvalue weighted by Crippen LogP contribution is 2.35. The van der Waals surface area contributed by atoms with Crippen LogP contribution in [0.2, 0.25) is 0 Å². The molecule has 1 saturated heterocycles. The SMILES string of the molecule is COc1cc(/C=C2\SC(=O)N(Cc3ccc(F)cc3)C2=O)ccc1OCc1ccc(C)cc1. The summed E-state index contributed by atoms with van der Waals surface area (Å²) in [4.78, 5) is 26.6. The van der Waals surface area contributed by atoms with Gasteiger partial charge in [-0.2, -0.15) is 0 Å². The van der Waals surface area contributed by atoms with Crippen LogP contribution in [-0.4, -0.2) is 23.2 Å². The Morgan fingerprint density at radius 1 is 0.939 bits per heavy atom. The molecule has 0 aliphatic carbocycles. The van der Waals surface area contributed by atoms with Crippen molar-refractivity contribution in [3.05, 3.63) is 99.7 Å². The second-order valence-electron chi connectivity index (χ2n) is 7.58. The molecule has 0 N–H and O–H groups in total. The monoisotopic (exact) mass is 463 g/mol. The van der Waals surface area contributed by atoms with Gasteiger partial charge in [-0.05, 0) is 65.7 Å². The minimum absolute atomic E-state index is 0.0946. The molecule has 0 spiro atoms. The Hall–Kier alpha value is -3.58. The van der Waals surface area contributed by atoms with Crippen LogP contribution < -0.4 is 9.47 Å². The van der Waals surface area contributed by atoms with Crippen LogP contribution in [0.3, 0.4) is 0 Å². The third-order valence-electron chi connectivity index (χ3n) is 5.13. The van der Waals surface area contributed by atoms with Gasteiger partial charge in [-0.25, -0.2) is 4.39 Å². The van der Waals surface area contributed by atoms with Crippen molar-refractivity contribution < 1.29 is 23.5 Å². The van der Waals surface area contributed by atoms with Gasteiger partial charge < -0.3 is 9.47 Å². The number of nitrogens with zero attached hydrogens (tertiary/aromatic N) is 1. The number of thioether (sulfide) groups is 1. The van der Waals surface area contributed by atoms with Gasteiger partial charge in [-0.1, -0.05) is 48.0 Å². The summed E-state index contributed by atoms with van der Waals surface area (Å²) < 4.78 is 24.5. The molecule has 0 unspecified atom stereocenters. The summed E-state index contributed by atoms with van der Waals surface area (Å²) in [6.45, 7) is 2.53. The lowest BCUT2D eigenvalue weighted by molar-refractivity contribution is -0.123. The fraction of sp³-hybridized carbons (Fsp3) is 0.154. The average molecular weight is 464 g/mol. The number of benzene rings is 3. The largest absolute Gasteiger partial charge is 0.493 e. The topological polar surface area (TPSA) is 55.8 Å². The Kier molecular flexibility index (Phi) is 6.79. The van der Waals surface area contributed by atoms with E-state index >= 15 is 0 Å². The predicted molar refractivity (Wildman–Crippen MR) is 126 cm³/mol. The number of carbonyl (C=O) groups is 2. The van der Waals surface area contributed by atoms with Crippen LogP contribution in [0, 0.1) is 12.7 Å². The number of hydrogen-bond donors (Lipinski definition) is 0. The smallest absolute Gasteiger partial charge is 0.293 e. The highest BCUT2D eigenvalue weighted by molar-refractivity contribution is 8.18. The lowest BCUT2D eigenvalue weighted by Gasteiger charge is -2.12. The molecule has 4 rings (SSSR count). The number of hydrogen-bond acceptors (Lipinski definition) is 5. The van der Waals surface area contributed by atoms with Gasteiger partial charge >= 0.3 is 0 Å². The molecule has 7 heteroatoms. The van der Waals surface area contributed by atoms with Crippen molar-refractivity contribution in [1.82, 2.24) is 4.90 Å². The maximum atomic E-state index is 13.1. The minimum Gasteiger partial charge on any atom is -0.493 e. The normalized spacial score (nSPS) is 14.8. The number of imide groups is 1. The maximum Gasteiger partial charge on any atom is 0.293 e. The molecular formula is C26H22FNO4S. The first-order valence-electron chi connectivity index (χ1n) is 10.3. The van der Waals surface area contributed by atoms with Crippen LogP contribution in [-0.2, 0) is 17.9 Å². The average Bonchev–Trinajstić information content (AvgIpc) is 3.07. The molecule has 5 nitrogen and oxygen atoms in total. The Morgan fingerprint density at radius 3 is 2.33 bits per heavy atom. The summed E-state index contributed by atoms with van der Waals surface area (Å²) in [5.74, 6) is 0.363. The molecule has 1 aliphatic rings. The highest BCUT2D eigenvalue weighted by atomic mass is 32.2. The van der Waals surface area contributed by atoms with Gasteiger partial charge in [0.05, 0.1) is 18.6 Å². The van der Waals surface area contributed by atoms with Crippen LogP contribution in [0.15, 0.2) is 71.6 Å².